The first-order chi connectivity index (χ1) is 61.4. The Morgan fingerprint density at radius 3 is 0.869 bits per heavy atom. The summed E-state index contributed by atoms with van der Waals surface area (Å²) in [5, 5.41) is 9.06. The zero-order valence-corrected chi connectivity index (χ0v) is 58.7. The van der Waals surface area contributed by atoms with Gasteiger partial charge in [0.05, 0.1) is 60.5 Å². The van der Waals surface area contributed by atoms with Crippen molar-refractivity contribution in [1.29, 1.82) is 0 Å². The van der Waals surface area contributed by atoms with Gasteiger partial charge < -0.3 is 0 Å². The van der Waals surface area contributed by atoms with Crippen LogP contribution in [0.5, 0.6) is 0 Å². The molecule has 0 aliphatic rings. The van der Waals surface area contributed by atoms with Gasteiger partial charge in [0.2, 0.25) is 17.8 Å². The summed E-state index contributed by atoms with van der Waals surface area (Å²) < 4.78 is 188. The molecular formula is C96H67N9Si2. The van der Waals surface area contributed by atoms with Crippen LogP contribution in [0.15, 0.2) is 406 Å². The van der Waals surface area contributed by atoms with Gasteiger partial charge in [0.15, 0.2) is 33.6 Å². The molecule has 0 amide bonds. The van der Waals surface area contributed by atoms with Crippen LogP contribution >= 0.6 is 0 Å². The van der Waals surface area contributed by atoms with Gasteiger partial charge in [0, 0.05) is 49.0 Å². The van der Waals surface area contributed by atoms with E-state index in [-0.39, 0.29) is 114 Å². The third kappa shape index (κ3) is 11.1. The number of aromatic nitrogens is 9. The van der Waals surface area contributed by atoms with E-state index in [1.807, 2.05) is 279 Å². The van der Waals surface area contributed by atoms with Gasteiger partial charge in [-0.25, -0.2) is 4.98 Å². The summed E-state index contributed by atoms with van der Waals surface area (Å²) >= 11 is 0. The normalized spacial score (nSPS) is 14.4. The Morgan fingerprint density at radius 1 is 0.196 bits per heavy atom. The molecule has 107 heavy (non-hydrogen) atoms. The van der Waals surface area contributed by atoms with Crippen molar-refractivity contribution in [3.05, 3.63) is 406 Å². The Morgan fingerprint density at radius 2 is 0.477 bits per heavy atom. The van der Waals surface area contributed by atoms with E-state index < -0.39 is 107 Å². The van der Waals surface area contributed by atoms with Crippen LogP contribution < -0.4 is 41.5 Å². The van der Waals surface area contributed by atoms with Gasteiger partial charge in [0.1, 0.15) is 0 Å². The van der Waals surface area contributed by atoms with E-state index >= 15 is 0 Å². The van der Waals surface area contributed by atoms with Crippen LogP contribution in [0.1, 0.15) is 27.4 Å². The number of fused-ring (bicyclic) bond motifs is 9. The second-order valence-electron chi connectivity index (χ2n) is 25.3. The molecule has 0 spiro atoms. The van der Waals surface area contributed by atoms with Gasteiger partial charge in [-0.1, -0.05) is 370 Å². The van der Waals surface area contributed by atoms with Crippen molar-refractivity contribution in [2.45, 2.75) is 0 Å². The number of hydrogen-bond acceptors (Lipinski definition) is 6. The standard InChI is InChI=1S/C51H35N5Si.C45H32N4Si/c1-4-20-37(21-5-1)57(38-22-6-2-7-23-38,39-24-8-3-9-25-39)40-26-18-19-36(35-40)49-52-50(55-45-31-14-10-27-41(45)42-28-11-15-32-46(42)55)54-51(53-49)56-47-33-16-12-29-43(47)44-30-13-17-34-48(44)56;1-5-18-33(19-6-1)43-46-44(48-45(47-43)49-41-30-15-13-28-39(41)40-29-14-16-31-42(40)49)34-20-17-27-38(32-34)50(35-21-7-2-8-22-35,36-23-9-3-10-24-36)37-25-11-4-12-26-37/h1-35H;1-32H/i10D,11D,14D,15D,18D,19D,26D,27D,31D,32D,35D;1D,5D,6D,17D,18D,19D,20D,27D,32D. The van der Waals surface area contributed by atoms with Gasteiger partial charge in [-0.15, -0.1) is 0 Å². The number of nitrogens with zero attached hydrogens (tertiary/aromatic N) is 9. The fraction of sp³-hybridized carbons (Fsp3) is 0. The van der Waals surface area contributed by atoms with E-state index in [0.29, 0.717) is 22.1 Å². The smallest absolute Gasteiger partial charge is 0.240 e. The van der Waals surface area contributed by atoms with Crippen molar-refractivity contribution in [3.63, 3.8) is 0 Å². The zero-order chi connectivity index (χ0) is 88.5. The molecule has 9 nitrogen and oxygen atoms in total. The van der Waals surface area contributed by atoms with E-state index in [4.69, 9.17) is 43.6 Å². The van der Waals surface area contributed by atoms with Crippen molar-refractivity contribution in [1.82, 2.24) is 43.6 Å². The molecule has 20 rings (SSSR count). The molecule has 0 bridgehead atoms. The maximum Gasteiger partial charge on any atom is 0.240 e. The van der Waals surface area contributed by atoms with Gasteiger partial charge in [-0.05, 0) is 77.8 Å². The lowest BCUT2D eigenvalue weighted by atomic mass is 10.2. The summed E-state index contributed by atoms with van der Waals surface area (Å²) in [4.78, 5) is 29.6. The molecule has 5 aromatic heterocycles. The Kier molecular flexibility index (Phi) is 11.8. The monoisotopic (exact) mass is 1420 g/mol. The second-order valence-corrected chi connectivity index (χ2v) is 32.8. The minimum Gasteiger partial charge on any atom is -0.278 e. The lowest BCUT2D eigenvalue weighted by molar-refractivity contribution is 0.893. The predicted octanol–water partition coefficient (Wildman–Crippen LogP) is 16.8. The topological polar surface area (TPSA) is 92.1 Å². The number of hydrogen-bond donors (Lipinski definition) is 0. The SMILES string of the molecule is [2H]c1c([2H])c([2H])c(-c2nc(-c3c([2H])c([2H])c([2H])c([Si](c4ccccc4)(c4ccccc4)c4ccccc4)c3[2H])nc(-n3c4ccccc4c4ccccc43)n2)c([2H])c1[2H].[2H]c1cc2c3c([2H])c([2H])c([2H])c([2H])c3n(-c3nc(-c4c([2H])c([2H])c([2H])c([Si](c5ccccc5)(c5ccccc5)c5ccccc5)c4[2H])nc(-n4c5ccccc5c5ccccc54)n3)c2c([2H])c1[2H]. The summed E-state index contributed by atoms with van der Waals surface area (Å²) in [6, 6.07) is 80.7. The van der Waals surface area contributed by atoms with Crippen molar-refractivity contribution in [2.75, 3.05) is 0 Å². The maximum atomic E-state index is 10.4. The van der Waals surface area contributed by atoms with Crippen LogP contribution in [0.2, 0.25) is 0 Å². The van der Waals surface area contributed by atoms with E-state index in [1.54, 1.807) is 9.13 Å². The molecule has 0 fully saturated rings. The Balaban J connectivity index is 0.000000167. The molecule has 15 aromatic carbocycles. The highest BCUT2D eigenvalue weighted by atomic mass is 28.3. The molecule has 0 N–H and O–H groups in total. The molecule has 0 atom stereocenters. The summed E-state index contributed by atoms with van der Waals surface area (Å²) in [6.07, 6.45) is 0. The largest absolute Gasteiger partial charge is 0.278 e. The van der Waals surface area contributed by atoms with Crippen LogP contribution in [0.4, 0.5) is 0 Å². The Hall–Kier alpha value is -13.8. The summed E-state index contributed by atoms with van der Waals surface area (Å²) in [5.74, 6) is -1.04. The predicted molar refractivity (Wildman–Crippen MR) is 446 cm³/mol. The van der Waals surface area contributed by atoms with Gasteiger partial charge >= 0.3 is 0 Å². The second kappa shape index (κ2) is 27.4. The average Bonchev–Trinajstić information content (AvgIpc) is 1.67. The lowest BCUT2D eigenvalue weighted by Crippen LogP contribution is -2.74. The van der Waals surface area contributed by atoms with Crippen molar-refractivity contribution >= 4 is 123 Å². The zero-order valence-electron chi connectivity index (χ0n) is 76.7. The average molecular weight is 1420 g/mol. The first-order valence-electron chi connectivity index (χ1n) is 44.5. The molecular weight excluding hydrogens is 1340 g/mol. The summed E-state index contributed by atoms with van der Waals surface area (Å²) in [5.41, 5.74) is 1.96. The molecule has 20 aromatic rings. The fourth-order valence-electron chi connectivity index (χ4n) is 15.0. The Labute approximate surface area is 649 Å². The van der Waals surface area contributed by atoms with E-state index in [9.17, 15) is 13.7 Å². The molecule has 0 saturated heterocycles. The van der Waals surface area contributed by atoms with Gasteiger partial charge in [-0.2, -0.15) is 24.9 Å². The number of para-hydroxylation sites is 6. The van der Waals surface area contributed by atoms with Crippen LogP contribution in [-0.2, 0) is 0 Å². The lowest BCUT2D eigenvalue weighted by Gasteiger charge is -2.34. The van der Waals surface area contributed by atoms with Crippen molar-refractivity contribution in [2.24, 2.45) is 0 Å². The third-order valence-corrected chi connectivity index (χ3v) is 28.7. The highest BCUT2D eigenvalue weighted by molar-refractivity contribution is 7.20. The molecule has 0 aliphatic carbocycles. The maximum absolute atomic E-state index is 10.4. The highest BCUT2D eigenvalue weighted by Crippen LogP contribution is 2.36. The van der Waals surface area contributed by atoms with Gasteiger partial charge in [-0.3, -0.25) is 13.7 Å². The molecule has 0 unspecified atom stereocenters. The molecule has 0 aliphatic heterocycles. The molecule has 0 saturated carbocycles. The van der Waals surface area contributed by atoms with Crippen LogP contribution in [0.3, 0.4) is 0 Å². The Bertz CT molecular complexity index is 7590. The molecule has 11 heteroatoms. The van der Waals surface area contributed by atoms with Gasteiger partial charge in [0.25, 0.3) is 0 Å². The first-order valence-corrected chi connectivity index (χ1v) is 38.5. The molecule has 5 heterocycles. The summed E-state index contributed by atoms with van der Waals surface area (Å²) in [6.45, 7) is 0. The minimum absolute atomic E-state index is 0.00808. The molecule has 504 valence electrons. The van der Waals surface area contributed by atoms with Crippen molar-refractivity contribution in [3.8, 4) is 52.0 Å². The number of rotatable bonds is 14. The highest BCUT2D eigenvalue weighted by Gasteiger charge is 2.43. The number of benzene rings is 15. The first kappa shape index (κ1) is 46.0. The van der Waals surface area contributed by atoms with Crippen LogP contribution in [-0.4, -0.2) is 59.8 Å². The van der Waals surface area contributed by atoms with E-state index in [2.05, 4.69) is 0 Å². The van der Waals surface area contributed by atoms with Crippen molar-refractivity contribution < 1.29 is 27.4 Å². The minimum atomic E-state index is -3.74. The molecule has 0 radical (unpaired) electrons. The van der Waals surface area contributed by atoms with E-state index in [1.165, 1.54) is 10.6 Å². The van der Waals surface area contributed by atoms with E-state index in [0.717, 1.165) is 52.7 Å². The third-order valence-electron chi connectivity index (χ3n) is 19.5. The van der Waals surface area contributed by atoms with Crippen LogP contribution in [0.25, 0.3) is 117 Å². The summed E-state index contributed by atoms with van der Waals surface area (Å²) in [7, 11) is -7.39. The van der Waals surface area contributed by atoms with Crippen LogP contribution in [0, 0.1) is 0 Å². The quantitative estimate of drug-likeness (QED) is 0.0796. The fourth-order valence-corrected chi connectivity index (χ4v) is 24.0.